The van der Waals surface area contributed by atoms with Crippen LogP contribution < -0.4 is 5.43 Å². The normalized spacial score (nSPS) is 11.9. The van der Waals surface area contributed by atoms with Crippen molar-refractivity contribution in [2.75, 3.05) is 5.43 Å². The topological polar surface area (TPSA) is 37.3 Å². The first-order chi connectivity index (χ1) is 9.86. The molecule has 0 unspecified atom stereocenters. The molecule has 0 aliphatic heterocycles. The number of hydrogen-bond acceptors (Lipinski definition) is 3. The molecule has 110 valence electrons. The molecule has 0 aliphatic rings. The molecule has 0 saturated heterocycles. The van der Waals surface area contributed by atoms with E-state index >= 15 is 0 Å². The highest BCUT2D eigenvalue weighted by Crippen LogP contribution is 2.28. The second-order valence-corrected chi connectivity index (χ2v) is 3.97. The maximum Gasteiger partial charge on any atom is 0.417 e. The molecule has 0 fully saturated rings. The lowest BCUT2D eigenvalue weighted by Crippen LogP contribution is -2.05. The Hall–Kier alpha value is -2.51. The lowest BCUT2D eigenvalue weighted by Gasteiger charge is -2.06. The molecule has 0 amide bonds. The Bertz CT molecular complexity index is 650. The molecule has 21 heavy (non-hydrogen) atoms. The minimum absolute atomic E-state index is 0.0850. The van der Waals surface area contributed by atoms with Crippen molar-refractivity contribution < 1.29 is 22.0 Å². The standard InChI is InChI=1S/C13H8F5N3/c14-10-3-1-8(5-11(10)15)6-20-21-12-4-2-9(7-19-12)13(16,17)18/h1-7H,(H,19,21)/b20-6+. The number of halogens is 5. The molecular weight excluding hydrogens is 293 g/mol. The van der Waals surface area contributed by atoms with Gasteiger partial charge in [0.05, 0.1) is 11.8 Å². The smallest absolute Gasteiger partial charge is 0.261 e. The summed E-state index contributed by atoms with van der Waals surface area (Å²) in [4.78, 5) is 3.53. The average Bonchev–Trinajstić information content (AvgIpc) is 2.42. The van der Waals surface area contributed by atoms with Crippen LogP contribution in [-0.2, 0) is 6.18 Å². The van der Waals surface area contributed by atoms with Crippen LogP contribution in [0.5, 0.6) is 0 Å². The van der Waals surface area contributed by atoms with Crippen molar-refractivity contribution in [2.24, 2.45) is 5.10 Å². The van der Waals surface area contributed by atoms with Crippen molar-refractivity contribution in [2.45, 2.75) is 6.18 Å². The third kappa shape index (κ3) is 3.98. The summed E-state index contributed by atoms with van der Waals surface area (Å²) in [5, 5.41) is 3.67. The van der Waals surface area contributed by atoms with E-state index < -0.39 is 23.4 Å². The minimum Gasteiger partial charge on any atom is -0.261 e. The van der Waals surface area contributed by atoms with Gasteiger partial charge in [0.2, 0.25) is 0 Å². The van der Waals surface area contributed by atoms with Gasteiger partial charge in [-0.3, -0.25) is 5.43 Å². The van der Waals surface area contributed by atoms with Crippen molar-refractivity contribution in [1.29, 1.82) is 0 Å². The lowest BCUT2D eigenvalue weighted by atomic mass is 10.2. The molecule has 0 aliphatic carbocycles. The van der Waals surface area contributed by atoms with E-state index in [-0.39, 0.29) is 11.4 Å². The Morgan fingerprint density at radius 2 is 1.81 bits per heavy atom. The summed E-state index contributed by atoms with van der Waals surface area (Å²) in [6, 6.07) is 5.12. The summed E-state index contributed by atoms with van der Waals surface area (Å²) in [5.41, 5.74) is 1.79. The van der Waals surface area contributed by atoms with Crippen molar-refractivity contribution in [3.63, 3.8) is 0 Å². The van der Waals surface area contributed by atoms with Crippen LogP contribution >= 0.6 is 0 Å². The van der Waals surface area contributed by atoms with E-state index in [1.54, 1.807) is 0 Å². The molecule has 1 N–H and O–H groups in total. The second kappa shape index (κ2) is 5.86. The van der Waals surface area contributed by atoms with Crippen molar-refractivity contribution in [3.8, 4) is 0 Å². The number of aromatic nitrogens is 1. The van der Waals surface area contributed by atoms with Gasteiger partial charge in [0.15, 0.2) is 11.6 Å². The monoisotopic (exact) mass is 301 g/mol. The lowest BCUT2D eigenvalue weighted by molar-refractivity contribution is -0.137. The fourth-order valence-corrected chi connectivity index (χ4v) is 1.39. The van der Waals surface area contributed by atoms with Crippen LogP contribution in [0.1, 0.15) is 11.1 Å². The zero-order valence-corrected chi connectivity index (χ0v) is 10.3. The zero-order valence-electron chi connectivity index (χ0n) is 10.3. The fraction of sp³-hybridized carbons (Fsp3) is 0.0769. The summed E-state index contributed by atoms with van der Waals surface area (Å²) < 4.78 is 62.5. The molecule has 0 atom stereocenters. The first-order valence-electron chi connectivity index (χ1n) is 5.63. The maximum atomic E-state index is 12.9. The summed E-state index contributed by atoms with van der Waals surface area (Å²) in [6.45, 7) is 0. The van der Waals surface area contributed by atoms with E-state index in [9.17, 15) is 22.0 Å². The number of rotatable bonds is 3. The SMILES string of the molecule is Fc1ccc(/C=N/Nc2ccc(C(F)(F)F)cn2)cc1F. The molecule has 3 nitrogen and oxygen atoms in total. The second-order valence-electron chi connectivity index (χ2n) is 3.97. The number of alkyl halides is 3. The number of nitrogens with zero attached hydrogens (tertiary/aromatic N) is 2. The number of nitrogens with one attached hydrogen (secondary N) is 1. The Morgan fingerprint density at radius 1 is 1.05 bits per heavy atom. The largest absolute Gasteiger partial charge is 0.417 e. The molecule has 1 aromatic carbocycles. The van der Waals surface area contributed by atoms with Gasteiger partial charge in [0.25, 0.3) is 0 Å². The molecule has 1 aromatic heterocycles. The third-order valence-electron chi connectivity index (χ3n) is 2.43. The Morgan fingerprint density at radius 3 is 2.38 bits per heavy atom. The van der Waals surface area contributed by atoms with E-state index in [1.807, 2.05) is 0 Å². The molecule has 8 heteroatoms. The summed E-state index contributed by atoms with van der Waals surface area (Å²) >= 11 is 0. The van der Waals surface area contributed by atoms with Gasteiger partial charge < -0.3 is 0 Å². The molecule has 2 aromatic rings. The van der Waals surface area contributed by atoms with Crippen LogP contribution in [0, 0.1) is 11.6 Å². The summed E-state index contributed by atoms with van der Waals surface area (Å²) in [6.07, 6.45) is -2.61. The predicted octanol–water partition coefficient (Wildman–Crippen LogP) is 3.82. The number of benzene rings is 1. The van der Waals surface area contributed by atoms with Gasteiger partial charge in [0.1, 0.15) is 5.82 Å². The molecule has 2 rings (SSSR count). The Kier molecular flexibility index (Phi) is 4.15. The number of hydrazone groups is 1. The zero-order chi connectivity index (χ0) is 15.5. The van der Waals surface area contributed by atoms with E-state index in [0.717, 1.165) is 24.3 Å². The molecule has 0 bridgehead atoms. The van der Waals surface area contributed by atoms with Crippen LogP contribution in [0.4, 0.5) is 27.8 Å². The number of hydrogen-bond donors (Lipinski definition) is 1. The van der Waals surface area contributed by atoms with Crippen LogP contribution in [0.2, 0.25) is 0 Å². The molecule has 0 saturated carbocycles. The van der Waals surface area contributed by atoms with Crippen molar-refractivity contribution >= 4 is 12.0 Å². The van der Waals surface area contributed by atoms with Gasteiger partial charge in [-0.15, -0.1) is 0 Å². The van der Waals surface area contributed by atoms with Crippen LogP contribution in [0.3, 0.4) is 0 Å². The van der Waals surface area contributed by atoms with Gasteiger partial charge in [-0.25, -0.2) is 13.8 Å². The maximum absolute atomic E-state index is 12.9. The van der Waals surface area contributed by atoms with Crippen molar-refractivity contribution in [3.05, 3.63) is 59.3 Å². The average molecular weight is 301 g/mol. The summed E-state index contributed by atoms with van der Waals surface area (Å²) in [7, 11) is 0. The number of anilines is 1. The van der Waals surface area contributed by atoms with Gasteiger partial charge in [-0.05, 0) is 29.8 Å². The summed E-state index contributed by atoms with van der Waals surface area (Å²) in [5.74, 6) is -1.92. The molecular formula is C13H8F5N3. The Balaban J connectivity index is 2.02. The minimum atomic E-state index is -4.46. The highest BCUT2D eigenvalue weighted by Gasteiger charge is 2.30. The predicted molar refractivity (Wildman–Crippen MR) is 66.8 cm³/mol. The van der Waals surface area contributed by atoms with Crippen molar-refractivity contribution in [1.82, 2.24) is 4.98 Å². The van der Waals surface area contributed by atoms with Crippen LogP contribution in [-0.4, -0.2) is 11.2 Å². The quantitative estimate of drug-likeness (QED) is 0.531. The first-order valence-corrected chi connectivity index (χ1v) is 5.63. The van der Waals surface area contributed by atoms with E-state index in [0.29, 0.717) is 6.20 Å². The Labute approximate surface area is 116 Å². The number of pyridine rings is 1. The highest BCUT2D eigenvalue weighted by atomic mass is 19.4. The molecule has 1 heterocycles. The van der Waals surface area contributed by atoms with Gasteiger partial charge in [-0.2, -0.15) is 18.3 Å². The van der Waals surface area contributed by atoms with Gasteiger partial charge in [0, 0.05) is 6.20 Å². The van der Waals surface area contributed by atoms with Crippen LogP contribution in [0.25, 0.3) is 0 Å². The van der Waals surface area contributed by atoms with E-state index in [4.69, 9.17) is 0 Å². The van der Waals surface area contributed by atoms with Crippen LogP contribution in [0.15, 0.2) is 41.6 Å². The van der Waals surface area contributed by atoms with E-state index in [2.05, 4.69) is 15.5 Å². The molecule has 0 spiro atoms. The van der Waals surface area contributed by atoms with Gasteiger partial charge >= 0.3 is 6.18 Å². The fourth-order valence-electron chi connectivity index (χ4n) is 1.39. The highest BCUT2D eigenvalue weighted by molar-refractivity contribution is 5.80. The first kappa shape index (κ1) is 14.9. The van der Waals surface area contributed by atoms with Gasteiger partial charge in [-0.1, -0.05) is 6.07 Å². The third-order valence-corrected chi connectivity index (χ3v) is 2.43. The molecule has 0 radical (unpaired) electrons. The van der Waals surface area contributed by atoms with E-state index in [1.165, 1.54) is 12.3 Å².